The lowest BCUT2D eigenvalue weighted by Gasteiger charge is -2.23. The van der Waals surface area contributed by atoms with Crippen molar-refractivity contribution in [1.82, 2.24) is 10.6 Å². The summed E-state index contributed by atoms with van der Waals surface area (Å²) in [5.41, 5.74) is 10.5. The molecule has 0 bridgehead atoms. The Balaban J connectivity index is 5.05. The number of carboxylic acids is 2. The number of hydrogen-bond acceptors (Lipinski definition) is 7. The summed E-state index contributed by atoms with van der Waals surface area (Å²) in [5, 5.41) is 31.3. The molecule has 0 aromatic rings. The number of rotatable bonds is 12. The van der Waals surface area contributed by atoms with Gasteiger partial charge in [-0.15, -0.1) is 0 Å². The van der Waals surface area contributed by atoms with E-state index in [4.69, 9.17) is 21.7 Å². The summed E-state index contributed by atoms with van der Waals surface area (Å²) in [5.74, 6) is -5.24. The minimum atomic E-state index is -1.64. The summed E-state index contributed by atoms with van der Waals surface area (Å²) < 4.78 is 0. The van der Waals surface area contributed by atoms with Gasteiger partial charge in [0.15, 0.2) is 6.04 Å². The largest absolute Gasteiger partial charge is 0.481 e. The number of carbonyl (C=O) groups is 5. The molecule has 0 rings (SSSR count). The SMILES string of the molecule is CC(O)C(NC(=O)C(CCC(=O)O)NC(=O)C(N)CCC(N)=O)C(=O)O. The van der Waals surface area contributed by atoms with Crippen molar-refractivity contribution in [3.05, 3.63) is 0 Å². The maximum atomic E-state index is 12.2. The quantitative estimate of drug-likeness (QED) is 0.183. The molecule has 0 radical (unpaired) electrons. The highest BCUT2D eigenvalue weighted by molar-refractivity contribution is 5.92. The van der Waals surface area contributed by atoms with Gasteiger partial charge >= 0.3 is 11.9 Å². The number of hydrogen-bond donors (Lipinski definition) is 7. The van der Waals surface area contributed by atoms with Gasteiger partial charge in [-0.25, -0.2) is 4.79 Å². The van der Waals surface area contributed by atoms with E-state index in [2.05, 4.69) is 5.32 Å². The van der Waals surface area contributed by atoms with Gasteiger partial charge in [0.1, 0.15) is 6.04 Å². The van der Waals surface area contributed by atoms with Crippen LogP contribution in [0, 0.1) is 0 Å². The number of nitrogens with two attached hydrogens (primary N) is 2. The molecule has 0 spiro atoms. The van der Waals surface area contributed by atoms with Crippen LogP contribution < -0.4 is 22.1 Å². The summed E-state index contributed by atoms with van der Waals surface area (Å²) in [4.78, 5) is 56.6. The van der Waals surface area contributed by atoms with Gasteiger partial charge in [-0.1, -0.05) is 0 Å². The van der Waals surface area contributed by atoms with E-state index >= 15 is 0 Å². The first-order chi connectivity index (χ1) is 12.0. The van der Waals surface area contributed by atoms with E-state index in [9.17, 15) is 29.1 Å². The lowest BCUT2D eigenvalue weighted by atomic mass is 10.1. The van der Waals surface area contributed by atoms with E-state index in [1.807, 2.05) is 5.32 Å². The molecular weight excluding hydrogens is 352 g/mol. The van der Waals surface area contributed by atoms with Gasteiger partial charge in [0, 0.05) is 12.8 Å². The van der Waals surface area contributed by atoms with Gasteiger partial charge in [0.2, 0.25) is 17.7 Å². The molecule has 12 nitrogen and oxygen atoms in total. The van der Waals surface area contributed by atoms with Crippen LogP contribution in [0.1, 0.15) is 32.6 Å². The third kappa shape index (κ3) is 8.94. The Morgan fingerprint density at radius 1 is 0.962 bits per heavy atom. The Bertz CT molecular complexity index is 551. The predicted molar refractivity (Wildman–Crippen MR) is 86.5 cm³/mol. The molecule has 4 atom stereocenters. The molecule has 0 aliphatic carbocycles. The third-order valence-electron chi connectivity index (χ3n) is 3.36. The van der Waals surface area contributed by atoms with Gasteiger partial charge in [-0.3, -0.25) is 19.2 Å². The highest BCUT2D eigenvalue weighted by atomic mass is 16.4. The first-order valence-corrected chi connectivity index (χ1v) is 7.73. The maximum absolute atomic E-state index is 12.2. The van der Waals surface area contributed by atoms with Crippen LogP contribution >= 0.6 is 0 Å². The maximum Gasteiger partial charge on any atom is 0.328 e. The van der Waals surface area contributed by atoms with Gasteiger partial charge in [0.05, 0.1) is 12.1 Å². The third-order valence-corrected chi connectivity index (χ3v) is 3.36. The highest BCUT2D eigenvalue weighted by Crippen LogP contribution is 2.03. The van der Waals surface area contributed by atoms with E-state index < -0.39 is 60.3 Å². The van der Waals surface area contributed by atoms with Crippen molar-refractivity contribution in [2.24, 2.45) is 11.5 Å². The second-order valence-electron chi connectivity index (χ2n) is 5.67. The summed E-state index contributed by atoms with van der Waals surface area (Å²) in [6.45, 7) is 1.14. The molecule has 0 aliphatic heterocycles. The molecule has 0 aliphatic rings. The summed E-state index contributed by atoms with van der Waals surface area (Å²) >= 11 is 0. The van der Waals surface area contributed by atoms with Crippen LogP contribution in [0.3, 0.4) is 0 Å². The van der Waals surface area contributed by atoms with Crippen LogP contribution in [0.5, 0.6) is 0 Å². The van der Waals surface area contributed by atoms with Crippen molar-refractivity contribution in [2.45, 2.75) is 56.8 Å². The molecule has 0 fully saturated rings. The van der Waals surface area contributed by atoms with E-state index in [1.54, 1.807) is 0 Å². The summed E-state index contributed by atoms with van der Waals surface area (Å²) in [6.07, 6.45) is -2.49. The van der Waals surface area contributed by atoms with Gasteiger partial charge in [-0.05, 0) is 19.8 Å². The normalized spacial score (nSPS) is 15.2. The Labute approximate surface area is 148 Å². The minimum Gasteiger partial charge on any atom is -0.481 e. The Morgan fingerprint density at radius 3 is 1.96 bits per heavy atom. The standard InChI is InChI=1S/C14H24N4O8/c1-6(19)11(14(25)26)18-13(24)8(3-5-10(21)22)17-12(23)7(15)2-4-9(16)20/h6-8,11,19H,2-5,15H2,1H3,(H2,16,20)(H,17,23)(H,18,24)(H,21,22)(H,25,26). The zero-order valence-electron chi connectivity index (χ0n) is 14.2. The molecule has 0 aromatic carbocycles. The number of aliphatic carboxylic acids is 2. The number of carboxylic acid groups (broad SMARTS) is 2. The molecule has 0 aromatic heterocycles. The lowest BCUT2D eigenvalue weighted by Crippen LogP contribution is -2.56. The first kappa shape index (κ1) is 23.3. The average Bonchev–Trinajstić information content (AvgIpc) is 2.52. The predicted octanol–water partition coefficient (Wildman–Crippen LogP) is -3.12. The zero-order valence-corrected chi connectivity index (χ0v) is 14.2. The van der Waals surface area contributed by atoms with Crippen LogP contribution in [0.15, 0.2) is 0 Å². The molecule has 26 heavy (non-hydrogen) atoms. The average molecular weight is 376 g/mol. The molecule has 12 heteroatoms. The Hall–Kier alpha value is -2.73. The Morgan fingerprint density at radius 2 is 1.54 bits per heavy atom. The fourth-order valence-corrected chi connectivity index (χ4v) is 1.89. The molecular formula is C14H24N4O8. The van der Waals surface area contributed by atoms with Crippen molar-refractivity contribution < 1.29 is 39.3 Å². The number of carbonyl (C=O) groups excluding carboxylic acids is 3. The molecule has 148 valence electrons. The lowest BCUT2D eigenvalue weighted by molar-refractivity contribution is -0.145. The van der Waals surface area contributed by atoms with Crippen LogP contribution in [-0.4, -0.2) is 69.2 Å². The topological polar surface area (TPSA) is 222 Å². The molecule has 3 amide bonds. The van der Waals surface area contributed by atoms with Gasteiger partial charge < -0.3 is 37.4 Å². The smallest absolute Gasteiger partial charge is 0.328 e. The minimum absolute atomic E-state index is 0.0835. The van der Waals surface area contributed by atoms with Crippen LogP contribution in [0.25, 0.3) is 0 Å². The number of aliphatic hydroxyl groups excluding tert-OH is 1. The van der Waals surface area contributed by atoms with Crippen LogP contribution in [-0.2, 0) is 24.0 Å². The molecule has 0 heterocycles. The number of amides is 3. The van der Waals surface area contributed by atoms with Crippen molar-refractivity contribution >= 4 is 29.7 Å². The van der Waals surface area contributed by atoms with E-state index in [1.165, 1.54) is 0 Å². The second kappa shape index (κ2) is 11.0. The molecule has 0 saturated heterocycles. The van der Waals surface area contributed by atoms with Gasteiger partial charge in [0.25, 0.3) is 0 Å². The van der Waals surface area contributed by atoms with Crippen LogP contribution in [0.2, 0.25) is 0 Å². The fraction of sp³-hybridized carbons (Fsp3) is 0.643. The Kier molecular flexibility index (Phi) is 9.84. The van der Waals surface area contributed by atoms with E-state index in [-0.39, 0.29) is 19.3 Å². The van der Waals surface area contributed by atoms with Crippen molar-refractivity contribution in [1.29, 1.82) is 0 Å². The van der Waals surface area contributed by atoms with Gasteiger partial charge in [-0.2, -0.15) is 0 Å². The summed E-state index contributed by atoms with van der Waals surface area (Å²) in [7, 11) is 0. The van der Waals surface area contributed by atoms with Crippen molar-refractivity contribution in [2.75, 3.05) is 0 Å². The van der Waals surface area contributed by atoms with Crippen LogP contribution in [0.4, 0.5) is 0 Å². The second-order valence-corrected chi connectivity index (χ2v) is 5.67. The molecule has 0 saturated carbocycles. The highest BCUT2D eigenvalue weighted by Gasteiger charge is 2.30. The monoisotopic (exact) mass is 376 g/mol. The molecule has 4 unspecified atom stereocenters. The van der Waals surface area contributed by atoms with Crippen molar-refractivity contribution in [3.8, 4) is 0 Å². The van der Waals surface area contributed by atoms with E-state index in [0.717, 1.165) is 6.92 Å². The zero-order chi connectivity index (χ0) is 20.4. The fourth-order valence-electron chi connectivity index (χ4n) is 1.89. The number of aliphatic hydroxyl groups is 1. The van der Waals surface area contributed by atoms with Crippen molar-refractivity contribution in [3.63, 3.8) is 0 Å². The summed E-state index contributed by atoms with van der Waals surface area (Å²) in [6, 6.07) is -4.20. The number of nitrogens with one attached hydrogen (secondary N) is 2. The first-order valence-electron chi connectivity index (χ1n) is 7.73. The number of primary amides is 1. The molecule has 9 N–H and O–H groups in total. The van der Waals surface area contributed by atoms with E-state index in [0.29, 0.717) is 0 Å².